The van der Waals surface area contributed by atoms with Crippen LogP contribution < -0.4 is 5.32 Å². The molecule has 0 aromatic heterocycles. The Balaban J connectivity index is 1.59. The minimum absolute atomic E-state index is 0.273. The Bertz CT molecular complexity index is 261. The molecule has 0 bridgehead atoms. The van der Waals surface area contributed by atoms with Crippen molar-refractivity contribution in [2.24, 2.45) is 11.8 Å². The molecule has 2 fully saturated rings. The molecule has 0 aromatic rings. The molecule has 2 unspecified atom stereocenters. The average Bonchev–Trinajstić information content (AvgIpc) is 3.07. The van der Waals surface area contributed by atoms with E-state index >= 15 is 0 Å². The molecule has 2 aliphatic carbocycles. The molecular formula is C14H26N2O. The van der Waals surface area contributed by atoms with Crippen LogP contribution in [0.2, 0.25) is 0 Å². The van der Waals surface area contributed by atoms with E-state index < -0.39 is 0 Å². The van der Waals surface area contributed by atoms with E-state index in [1.807, 2.05) is 0 Å². The van der Waals surface area contributed by atoms with Gasteiger partial charge in [-0.15, -0.1) is 0 Å². The predicted molar refractivity (Wildman–Crippen MR) is 69.8 cm³/mol. The molecule has 0 radical (unpaired) electrons. The lowest BCUT2D eigenvalue weighted by atomic mass is 9.94. The number of amides is 1. The van der Waals surface area contributed by atoms with E-state index in [1.54, 1.807) is 0 Å². The number of nitrogens with one attached hydrogen (secondary N) is 1. The Kier molecular flexibility index (Phi) is 4.43. The zero-order valence-corrected chi connectivity index (χ0v) is 11.2. The summed E-state index contributed by atoms with van der Waals surface area (Å²) in [6.07, 6.45) is 7.92. The SMILES string of the molecule is CC1CC1C(=O)NCCN(C)C1CCCCC1. The Morgan fingerprint density at radius 1 is 1.29 bits per heavy atom. The first kappa shape index (κ1) is 12.9. The van der Waals surface area contributed by atoms with Gasteiger partial charge in [-0.3, -0.25) is 4.79 Å². The minimum atomic E-state index is 0.273. The Morgan fingerprint density at radius 2 is 1.94 bits per heavy atom. The van der Waals surface area contributed by atoms with Gasteiger partial charge < -0.3 is 10.2 Å². The molecule has 2 atom stereocenters. The van der Waals surface area contributed by atoms with E-state index in [2.05, 4.69) is 24.2 Å². The monoisotopic (exact) mass is 238 g/mol. The molecule has 3 nitrogen and oxygen atoms in total. The summed E-state index contributed by atoms with van der Waals surface area (Å²) in [6, 6.07) is 0.750. The van der Waals surface area contributed by atoms with E-state index in [1.165, 1.54) is 32.1 Å². The minimum Gasteiger partial charge on any atom is -0.355 e. The maximum Gasteiger partial charge on any atom is 0.223 e. The number of carbonyl (C=O) groups is 1. The summed E-state index contributed by atoms with van der Waals surface area (Å²) in [7, 11) is 2.20. The highest BCUT2D eigenvalue weighted by atomic mass is 16.2. The topological polar surface area (TPSA) is 32.3 Å². The molecule has 2 saturated carbocycles. The number of carbonyl (C=O) groups excluding carboxylic acids is 1. The third-order valence-corrected chi connectivity index (χ3v) is 4.41. The molecule has 2 aliphatic rings. The van der Waals surface area contributed by atoms with Gasteiger partial charge in [0.05, 0.1) is 0 Å². The van der Waals surface area contributed by atoms with Crippen molar-refractivity contribution < 1.29 is 4.79 Å². The summed E-state index contributed by atoms with van der Waals surface area (Å²) < 4.78 is 0. The van der Waals surface area contributed by atoms with E-state index in [0.717, 1.165) is 25.6 Å². The number of rotatable bonds is 5. The molecule has 98 valence electrons. The first-order chi connectivity index (χ1) is 8.18. The maximum atomic E-state index is 11.6. The third-order valence-electron chi connectivity index (χ3n) is 4.41. The van der Waals surface area contributed by atoms with Crippen molar-refractivity contribution >= 4 is 5.91 Å². The van der Waals surface area contributed by atoms with Gasteiger partial charge in [0.2, 0.25) is 5.91 Å². The zero-order valence-electron chi connectivity index (χ0n) is 11.2. The van der Waals surface area contributed by atoms with Crippen molar-refractivity contribution in [2.75, 3.05) is 20.1 Å². The van der Waals surface area contributed by atoms with Crippen LogP contribution in [0.25, 0.3) is 0 Å². The summed E-state index contributed by atoms with van der Waals surface area (Å²) in [6.45, 7) is 3.96. The molecular weight excluding hydrogens is 212 g/mol. The molecule has 1 N–H and O–H groups in total. The number of hydrogen-bond acceptors (Lipinski definition) is 2. The largest absolute Gasteiger partial charge is 0.355 e. The van der Waals surface area contributed by atoms with Gasteiger partial charge in [-0.2, -0.15) is 0 Å². The lowest BCUT2D eigenvalue weighted by Crippen LogP contribution is -2.39. The number of nitrogens with zero attached hydrogens (tertiary/aromatic N) is 1. The third kappa shape index (κ3) is 3.70. The van der Waals surface area contributed by atoms with E-state index in [-0.39, 0.29) is 5.91 Å². The van der Waals surface area contributed by atoms with Gasteiger partial charge in [0.1, 0.15) is 0 Å². The van der Waals surface area contributed by atoms with Crippen molar-refractivity contribution in [3.63, 3.8) is 0 Å². The predicted octanol–water partition coefficient (Wildman–Crippen LogP) is 2.02. The first-order valence-corrected chi connectivity index (χ1v) is 7.16. The summed E-state index contributed by atoms with van der Waals surface area (Å²) >= 11 is 0. The van der Waals surface area contributed by atoms with Crippen molar-refractivity contribution in [3.05, 3.63) is 0 Å². The smallest absolute Gasteiger partial charge is 0.223 e. The molecule has 17 heavy (non-hydrogen) atoms. The molecule has 0 heterocycles. The van der Waals surface area contributed by atoms with Crippen LogP contribution >= 0.6 is 0 Å². The van der Waals surface area contributed by atoms with Crippen LogP contribution in [0.15, 0.2) is 0 Å². The second kappa shape index (κ2) is 5.85. The fourth-order valence-electron chi connectivity index (χ4n) is 2.88. The van der Waals surface area contributed by atoms with Crippen LogP contribution in [0.4, 0.5) is 0 Å². The second-order valence-corrected chi connectivity index (χ2v) is 5.88. The van der Waals surface area contributed by atoms with Crippen molar-refractivity contribution in [1.82, 2.24) is 10.2 Å². The molecule has 0 spiro atoms. The highest BCUT2D eigenvalue weighted by Crippen LogP contribution is 2.37. The average molecular weight is 238 g/mol. The summed E-state index contributed by atoms with van der Waals surface area (Å²) in [4.78, 5) is 14.1. The fraction of sp³-hybridized carbons (Fsp3) is 0.929. The van der Waals surface area contributed by atoms with Gasteiger partial charge in [0.25, 0.3) is 0 Å². The van der Waals surface area contributed by atoms with Gasteiger partial charge in [-0.05, 0) is 32.2 Å². The van der Waals surface area contributed by atoms with Crippen LogP contribution in [-0.2, 0) is 4.79 Å². The first-order valence-electron chi connectivity index (χ1n) is 7.16. The molecule has 3 heteroatoms. The van der Waals surface area contributed by atoms with Crippen LogP contribution in [0.1, 0.15) is 45.4 Å². The molecule has 0 saturated heterocycles. The van der Waals surface area contributed by atoms with Crippen LogP contribution in [0, 0.1) is 11.8 Å². The number of likely N-dealkylation sites (N-methyl/N-ethyl adjacent to an activating group) is 1. The summed E-state index contributed by atoms with van der Waals surface area (Å²) in [5.74, 6) is 1.20. The van der Waals surface area contributed by atoms with Crippen molar-refractivity contribution in [2.45, 2.75) is 51.5 Å². The van der Waals surface area contributed by atoms with Crippen LogP contribution in [-0.4, -0.2) is 37.0 Å². The van der Waals surface area contributed by atoms with E-state index in [4.69, 9.17) is 0 Å². The Hall–Kier alpha value is -0.570. The van der Waals surface area contributed by atoms with Crippen molar-refractivity contribution in [1.29, 1.82) is 0 Å². The van der Waals surface area contributed by atoms with E-state index in [0.29, 0.717) is 11.8 Å². The normalized spacial score (nSPS) is 29.4. The lowest BCUT2D eigenvalue weighted by molar-refractivity contribution is -0.122. The van der Waals surface area contributed by atoms with Gasteiger partial charge in [0, 0.05) is 25.0 Å². The quantitative estimate of drug-likeness (QED) is 0.795. The van der Waals surface area contributed by atoms with Gasteiger partial charge in [-0.1, -0.05) is 26.2 Å². The van der Waals surface area contributed by atoms with Gasteiger partial charge in [0.15, 0.2) is 0 Å². The number of hydrogen-bond donors (Lipinski definition) is 1. The van der Waals surface area contributed by atoms with Gasteiger partial charge in [-0.25, -0.2) is 0 Å². The second-order valence-electron chi connectivity index (χ2n) is 5.88. The maximum absolute atomic E-state index is 11.6. The van der Waals surface area contributed by atoms with Gasteiger partial charge >= 0.3 is 0 Å². The summed E-state index contributed by atoms with van der Waals surface area (Å²) in [5, 5.41) is 3.06. The lowest BCUT2D eigenvalue weighted by Gasteiger charge is -2.31. The summed E-state index contributed by atoms with van der Waals surface area (Å²) in [5.41, 5.74) is 0. The highest BCUT2D eigenvalue weighted by Gasteiger charge is 2.38. The highest BCUT2D eigenvalue weighted by molar-refractivity contribution is 5.81. The molecule has 0 aliphatic heterocycles. The van der Waals surface area contributed by atoms with E-state index in [9.17, 15) is 4.79 Å². The molecule has 0 aromatic carbocycles. The standard InChI is InChI=1S/C14H26N2O/c1-11-10-13(11)14(17)15-8-9-16(2)12-6-4-3-5-7-12/h11-13H,3-10H2,1-2H3,(H,15,17). The zero-order chi connectivity index (χ0) is 12.3. The van der Waals surface area contributed by atoms with Crippen molar-refractivity contribution in [3.8, 4) is 0 Å². The Labute approximate surface area is 105 Å². The Morgan fingerprint density at radius 3 is 2.53 bits per heavy atom. The molecule has 2 rings (SSSR count). The van der Waals surface area contributed by atoms with Crippen LogP contribution in [0.3, 0.4) is 0 Å². The van der Waals surface area contributed by atoms with Crippen LogP contribution in [0.5, 0.6) is 0 Å². The molecule has 1 amide bonds. The fourth-order valence-corrected chi connectivity index (χ4v) is 2.88.